The van der Waals surface area contributed by atoms with Crippen LogP contribution in [0.2, 0.25) is 5.02 Å². The van der Waals surface area contributed by atoms with Crippen LogP contribution >= 0.6 is 24.0 Å². The minimum absolute atomic E-state index is 0. The third-order valence-electron chi connectivity index (χ3n) is 4.75. The van der Waals surface area contributed by atoms with Crippen molar-refractivity contribution in [2.75, 3.05) is 11.4 Å². The second kappa shape index (κ2) is 8.19. The molecule has 2 fully saturated rings. The average molecular weight is 372 g/mol. The highest BCUT2D eigenvalue weighted by Gasteiger charge is 2.35. The van der Waals surface area contributed by atoms with Gasteiger partial charge in [-0.25, -0.2) is 0 Å². The smallest absolute Gasteiger partial charge is 0.249 e. The van der Waals surface area contributed by atoms with E-state index in [0.717, 1.165) is 24.9 Å². The number of hydrogen-bond donors (Lipinski definition) is 2. The number of carbonyl (C=O) groups is 2. The minimum atomic E-state index is -0.434. The summed E-state index contributed by atoms with van der Waals surface area (Å²) in [6, 6.07) is 6.84. The summed E-state index contributed by atoms with van der Waals surface area (Å²) in [5.41, 5.74) is 6.76. The highest BCUT2D eigenvalue weighted by Crippen LogP contribution is 2.26. The lowest BCUT2D eigenvalue weighted by molar-refractivity contribution is -0.130. The molecule has 1 aromatic rings. The summed E-state index contributed by atoms with van der Waals surface area (Å²) < 4.78 is 0. The zero-order valence-electron chi connectivity index (χ0n) is 13.4. The number of anilines is 1. The van der Waals surface area contributed by atoms with Gasteiger partial charge in [-0.2, -0.15) is 0 Å². The van der Waals surface area contributed by atoms with Gasteiger partial charge in [0.05, 0.1) is 0 Å². The Morgan fingerprint density at radius 3 is 2.58 bits per heavy atom. The van der Waals surface area contributed by atoms with Crippen molar-refractivity contribution in [2.24, 2.45) is 11.7 Å². The topological polar surface area (TPSA) is 75.4 Å². The first kappa shape index (κ1) is 19.0. The number of nitrogens with two attached hydrogens (primary N) is 1. The van der Waals surface area contributed by atoms with Crippen molar-refractivity contribution < 1.29 is 9.59 Å². The van der Waals surface area contributed by atoms with Crippen LogP contribution in [0.15, 0.2) is 24.3 Å². The van der Waals surface area contributed by atoms with E-state index in [1.54, 1.807) is 17.0 Å². The molecule has 3 N–H and O–H groups in total. The van der Waals surface area contributed by atoms with Crippen LogP contribution in [-0.2, 0) is 9.59 Å². The molecular formula is C17H23Cl2N3O2. The Bertz CT molecular complexity index is 594. The number of nitrogens with zero attached hydrogens (tertiary/aromatic N) is 1. The van der Waals surface area contributed by atoms with Crippen molar-refractivity contribution >= 4 is 41.5 Å². The van der Waals surface area contributed by atoms with Gasteiger partial charge in [-0.15, -0.1) is 12.4 Å². The van der Waals surface area contributed by atoms with Crippen LogP contribution in [0.25, 0.3) is 0 Å². The molecule has 2 amide bonds. The van der Waals surface area contributed by atoms with Gasteiger partial charge in [0, 0.05) is 29.2 Å². The number of carbonyl (C=O) groups excluding carboxylic acids is 2. The summed E-state index contributed by atoms with van der Waals surface area (Å²) in [5, 5.41) is 3.56. The van der Waals surface area contributed by atoms with Crippen LogP contribution in [0.3, 0.4) is 0 Å². The maximum atomic E-state index is 12.5. The minimum Gasteiger partial charge on any atom is -0.344 e. The Labute approximate surface area is 153 Å². The fraction of sp³-hybridized carbons (Fsp3) is 0.529. The summed E-state index contributed by atoms with van der Waals surface area (Å²) in [6.07, 6.45) is 4.17. The van der Waals surface area contributed by atoms with E-state index >= 15 is 0 Å². The molecule has 2 aliphatic rings. The van der Waals surface area contributed by atoms with Gasteiger partial charge >= 0.3 is 0 Å². The molecule has 3 atom stereocenters. The first-order chi connectivity index (χ1) is 11.0. The fourth-order valence-electron chi connectivity index (χ4n) is 3.45. The van der Waals surface area contributed by atoms with Crippen LogP contribution in [-0.4, -0.2) is 30.4 Å². The molecule has 1 aliphatic carbocycles. The van der Waals surface area contributed by atoms with E-state index in [2.05, 4.69) is 5.32 Å². The van der Waals surface area contributed by atoms with E-state index < -0.39 is 6.04 Å². The van der Waals surface area contributed by atoms with E-state index in [1.165, 1.54) is 0 Å². The molecule has 24 heavy (non-hydrogen) atoms. The highest BCUT2D eigenvalue weighted by molar-refractivity contribution is 6.30. The first-order valence-corrected chi connectivity index (χ1v) is 8.55. The molecule has 0 radical (unpaired) electrons. The summed E-state index contributed by atoms with van der Waals surface area (Å²) in [5.74, 6) is -0.145. The summed E-state index contributed by atoms with van der Waals surface area (Å²) in [4.78, 5) is 26.6. The lowest BCUT2D eigenvalue weighted by Gasteiger charge is -2.26. The molecule has 132 valence electrons. The normalized spacial score (nSPS) is 26.8. The lowest BCUT2D eigenvalue weighted by Crippen LogP contribution is -2.45. The van der Waals surface area contributed by atoms with Gasteiger partial charge in [-0.1, -0.05) is 18.0 Å². The third kappa shape index (κ3) is 4.21. The van der Waals surface area contributed by atoms with Crippen molar-refractivity contribution in [2.45, 2.75) is 44.2 Å². The lowest BCUT2D eigenvalue weighted by atomic mass is 9.85. The Balaban J connectivity index is 0.00000208. The predicted molar refractivity (Wildman–Crippen MR) is 97.5 cm³/mol. The molecule has 7 heteroatoms. The van der Waals surface area contributed by atoms with Crippen LogP contribution in [0.4, 0.5) is 5.69 Å². The molecule has 1 heterocycles. The number of amides is 2. The highest BCUT2D eigenvalue weighted by atomic mass is 35.5. The molecule has 0 bridgehead atoms. The SMILES string of the molecule is Cl.NC1CCCC(C(=O)NC2CCN(c3ccc(Cl)cc3)C2=O)C1. The molecule has 0 spiro atoms. The first-order valence-electron chi connectivity index (χ1n) is 8.17. The van der Waals surface area contributed by atoms with Crippen LogP contribution < -0.4 is 16.0 Å². The monoisotopic (exact) mass is 371 g/mol. The molecule has 3 rings (SSSR count). The maximum absolute atomic E-state index is 12.5. The Morgan fingerprint density at radius 2 is 1.92 bits per heavy atom. The fourth-order valence-corrected chi connectivity index (χ4v) is 3.57. The van der Waals surface area contributed by atoms with Gasteiger partial charge in [-0.3, -0.25) is 9.59 Å². The number of nitrogens with one attached hydrogen (secondary N) is 1. The second-order valence-corrected chi connectivity index (χ2v) is 6.88. The van der Waals surface area contributed by atoms with Gasteiger partial charge in [0.1, 0.15) is 6.04 Å². The summed E-state index contributed by atoms with van der Waals surface area (Å²) in [6.45, 7) is 0.607. The second-order valence-electron chi connectivity index (χ2n) is 6.44. The zero-order chi connectivity index (χ0) is 16.4. The molecular weight excluding hydrogens is 349 g/mol. The number of rotatable bonds is 3. The molecule has 5 nitrogen and oxygen atoms in total. The number of benzene rings is 1. The zero-order valence-corrected chi connectivity index (χ0v) is 15.0. The molecule has 1 saturated carbocycles. The average Bonchev–Trinajstić information content (AvgIpc) is 2.89. The van der Waals surface area contributed by atoms with E-state index in [0.29, 0.717) is 24.4 Å². The molecule has 3 unspecified atom stereocenters. The van der Waals surface area contributed by atoms with Gasteiger partial charge < -0.3 is 16.0 Å². The van der Waals surface area contributed by atoms with Gasteiger partial charge in [0.25, 0.3) is 0 Å². The van der Waals surface area contributed by atoms with Crippen LogP contribution in [0.5, 0.6) is 0 Å². The summed E-state index contributed by atoms with van der Waals surface area (Å²) in [7, 11) is 0. The van der Waals surface area contributed by atoms with Crippen molar-refractivity contribution in [3.63, 3.8) is 0 Å². The standard InChI is InChI=1S/C17H22ClN3O2.ClH/c18-12-4-6-14(7-5-12)21-9-8-15(17(21)23)20-16(22)11-2-1-3-13(19)10-11;/h4-7,11,13,15H,1-3,8-10,19H2,(H,20,22);1H. The molecule has 1 saturated heterocycles. The summed E-state index contributed by atoms with van der Waals surface area (Å²) >= 11 is 5.88. The van der Waals surface area contributed by atoms with Crippen LogP contribution in [0.1, 0.15) is 32.1 Å². The predicted octanol–water partition coefficient (Wildman–Crippen LogP) is 2.50. The van der Waals surface area contributed by atoms with Crippen molar-refractivity contribution in [1.82, 2.24) is 5.32 Å². The Kier molecular flexibility index (Phi) is 6.49. The number of halogens is 2. The maximum Gasteiger partial charge on any atom is 0.249 e. The van der Waals surface area contributed by atoms with Crippen molar-refractivity contribution in [3.8, 4) is 0 Å². The van der Waals surface area contributed by atoms with Gasteiger partial charge in [0.2, 0.25) is 11.8 Å². The van der Waals surface area contributed by atoms with Crippen molar-refractivity contribution in [3.05, 3.63) is 29.3 Å². The number of hydrogen-bond acceptors (Lipinski definition) is 3. The third-order valence-corrected chi connectivity index (χ3v) is 5.00. The molecule has 0 aromatic heterocycles. The van der Waals surface area contributed by atoms with E-state index in [-0.39, 0.29) is 36.2 Å². The Morgan fingerprint density at radius 1 is 1.21 bits per heavy atom. The molecule has 1 aromatic carbocycles. The van der Waals surface area contributed by atoms with Crippen LogP contribution in [0, 0.1) is 5.92 Å². The Hall–Kier alpha value is -1.30. The van der Waals surface area contributed by atoms with Crippen molar-refractivity contribution in [1.29, 1.82) is 0 Å². The van der Waals surface area contributed by atoms with Gasteiger partial charge in [0.15, 0.2) is 0 Å². The van der Waals surface area contributed by atoms with E-state index in [1.807, 2.05) is 12.1 Å². The largest absolute Gasteiger partial charge is 0.344 e. The van der Waals surface area contributed by atoms with E-state index in [4.69, 9.17) is 17.3 Å². The van der Waals surface area contributed by atoms with Gasteiger partial charge in [-0.05, 0) is 49.9 Å². The van der Waals surface area contributed by atoms with E-state index in [9.17, 15) is 9.59 Å². The molecule has 1 aliphatic heterocycles. The quantitative estimate of drug-likeness (QED) is 0.856.